The highest BCUT2D eigenvalue weighted by Crippen LogP contribution is 2.20. The highest BCUT2D eigenvalue weighted by Gasteiger charge is 2.20. The third-order valence-electron chi connectivity index (χ3n) is 4.30. The van der Waals surface area contributed by atoms with Crippen LogP contribution in [0.4, 0.5) is 23.7 Å². The maximum Gasteiger partial charge on any atom is 0.426 e. The van der Waals surface area contributed by atoms with E-state index < -0.39 is 47.5 Å². The molecule has 0 spiro atoms. The number of amides is 3. The number of nitrogens with one attached hydrogen (secondary N) is 3. The van der Waals surface area contributed by atoms with E-state index in [0.29, 0.717) is 0 Å². The Hall–Kier alpha value is -4.05. The first-order chi connectivity index (χ1) is 15.8. The van der Waals surface area contributed by atoms with E-state index in [9.17, 15) is 27.6 Å². The van der Waals surface area contributed by atoms with Crippen LogP contribution in [0.3, 0.4) is 0 Å². The van der Waals surface area contributed by atoms with Gasteiger partial charge >= 0.3 is 6.09 Å². The summed E-state index contributed by atoms with van der Waals surface area (Å²) in [6.07, 6.45) is -1.11. The molecule has 3 aromatic rings. The molecular weight excluding hydrogens is 463 g/mol. The Morgan fingerprint density at radius 2 is 1.42 bits per heavy atom. The molecule has 0 aliphatic rings. The SMILES string of the molecule is O=C(NNC(=O)c1ccccc1NC(=O)c1c(F)cccc1F)OCc1c(F)cccc1Cl. The molecule has 0 aliphatic heterocycles. The second-order valence-corrected chi connectivity index (χ2v) is 6.86. The molecule has 0 unspecified atom stereocenters. The summed E-state index contributed by atoms with van der Waals surface area (Å²) < 4.78 is 46.2. The third kappa shape index (κ3) is 5.80. The quantitative estimate of drug-likeness (QED) is 0.469. The van der Waals surface area contributed by atoms with Gasteiger partial charge in [-0.3, -0.25) is 15.0 Å². The van der Waals surface area contributed by atoms with E-state index in [0.717, 1.165) is 24.3 Å². The summed E-state index contributed by atoms with van der Waals surface area (Å²) >= 11 is 5.84. The van der Waals surface area contributed by atoms with Crippen molar-refractivity contribution in [3.63, 3.8) is 0 Å². The van der Waals surface area contributed by atoms with Gasteiger partial charge in [0.1, 0.15) is 29.6 Å². The van der Waals surface area contributed by atoms with Crippen molar-refractivity contribution in [3.05, 3.63) is 99.8 Å². The predicted octanol–water partition coefficient (Wildman–Crippen LogP) is 4.58. The van der Waals surface area contributed by atoms with Gasteiger partial charge in [0.2, 0.25) is 0 Å². The van der Waals surface area contributed by atoms with Crippen LogP contribution in [0.1, 0.15) is 26.3 Å². The molecule has 7 nitrogen and oxygen atoms in total. The van der Waals surface area contributed by atoms with Crippen molar-refractivity contribution in [3.8, 4) is 0 Å². The van der Waals surface area contributed by atoms with Crippen molar-refractivity contribution in [2.24, 2.45) is 0 Å². The molecule has 3 rings (SSSR count). The number of carbonyl (C=O) groups is 3. The molecule has 0 fully saturated rings. The zero-order valence-corrected chi connectivity index (χ0v) is 17.4. The van der Waals surface area contributed by atoms with Gasteiger partial charge in [0.05, 0.1) is 16.3 Å². The Labute approximate surface area is 190 Å². The van der Waals surface area contributed by atoms with Crippen LogP contribution in [0, 0.1) is 17.5 Å². The fourth-order valence-corrected chi connectivity index (χ4v) is 2.93. The zero-order chi connectivity index (χ0) is 24.0. The van der Waals surface area contributed by atoms with Gasteiger partial charge in [-0.05, 0) is 36.4 Å². The number of halogens is 4. The van der Waals surface area contributed by atoms with Gasteiger partial charge in [-0.2, -0.15) is 0 Å². The van der Waals surface area contributed by atoms with Crippen LogP contribution >= 0.6 is 11.6 Å². The van der Waals surface area contributed by atoms with Crippen LogP contribution < -0.4 is 16.2 Å². The van der Waals surface area contributed by atoms with E-state index >= 15 is 0 Å². The second-order valence-electron chi connectivity index (χ2n) is 6.45. The van der Waals surface area contributed by atoms with Crippen LogP contribution in [-0.4, -0.2) is 17.9 Å². The van der Waals surface area contributed by atoms with Gasteiger partial charge in [-0.1, -0.05) is 35.9 Å². The standard InChI is InChI=1S/C22H15ClF3N3O4/c23-14-6-3-7-15(24)13(14)11-33-22(32)29-28-20(30)12-5-1-2-10-18(12)27-21(31)19-16(25)8-4-9-17(19)26/h1-10H,11H2,(H,27,31)(H,28,30)(H,29,32). The fraction of sp³-hybridized carbons (Fsp3) is 0.0455. The summed E-state index contributed by atoms with van der Waals surface area (Å²) in [5.74, 6) is -4.81. The molecule has 0 aliphatic carbocycles. The number of rotatable bonds is 5. The summed E-state index contributed by atoms with van der Waals surface area (Å²) in [5.41, 5.74) is 2.95. The fourth-order valence-electron chi connectivity index (χ4n) is 2.71. The lowest BCUT2D eigenvalue weighted by atomic mass is 10.1. The normalized spacial score (nSPS) is 10.3. The van der Waals surface area contributed by atoms with Crippen molar-refractivity contribution < 1.29 is 32.3 Å². The molecule has 11 heteroatoms. The van der Waals surface area contributed by atoms with Crippen molar-refractivity contribution in [1.29, 1.82) is 0 Å². The van der Waals surface area contributed by atoms with Gasteiger partial charge in [0.15, 0.2) is 0 Å². The van der Waals surface area contributed by atoms with Crippen LogP contribution in [0.2, 0.25) is 5.02 Å². The third-order valence-corrected chi connectivity index (χ3v) is 4.65. The van der Waals surface area contributed by atoms with Crippen LogP contribution in [-0.2, 0) is 11.3 Å². The Balaban J connectivity index is 1.63. The summed E-state index contributed by atoms with van der Waals surface area (Å²) in [5, 5.41) is 2.31. The Morgan fingerprint density at radius 3 is 2.12 bits per heavy atom. The lowest BCUT2D eigenvalue weighted by Crippen LogP contribution is -2.42. The smallest absolute Gasteiger partial charge is 0.426 e. The highest BCUT2D eigenvalue weighted by atomic mass is 35.5. The topological polar surface area (TPSA) is 96.5 Å². The number of hydrazine groups is 1. The van der Waals surface area contributed by atoms with Gasteiger partial charge in [0, 0.05) is 5.56 Å². The Bertz CT molecular complexity index is 1180. The summed E-state index contributed by atoms with van der Waals surface area (Å²) in [6, 6.07) is 12.5. The van der Waals surface area contributed by atoms with Crippen LogP contribution in [0.15, 0.2) is 60.7 Å². The largest absolute Gasteiger partial charge is 0.443 e. The van der Waals surface area contributed by atoms with Crippen molar-refractivity contribution in [2.75, 3.05) is 5.32 Å². The van der Waals surface area contributed by atoms with Gasteiger partial charge in [-0.15, -0.1) is 0 Å². The monoisotopic (exact) mass is 477 g/mol. The molecule has 0 saturated heterocycles. The molecule has 0 radical (unpaired) electrons. The second kappa shape index (κ2) is 10.5. The predicted molar refractivity (Wildman–Crippen MR) is 113 cm³/mol. The van der Waals surface area contributed by atoms with Gasteiger partial charge in [0.25, 0.3) is 11.8 Å². The molecule has 0 atom stereocenters. The molecule has 0 heterocycles. The van der Waals surface area contributed by atoms with Gasteiger partial charge < -0.3 is 10.1 Å². The molecule has 170 valence electrons. The minimum atomic E-state index is -1.11. The van der Waals surface area contributed by atoms with E-state index in [4.69, 9.17) is 16.3 Å². The van der Waals surface area contributed by atoms with Gasteiger partial charge in [-0.25, -0.2) is 23.4 Å². The number of carbonyl (C=O) groups excluding carboxylic acids is 3. The first-order valence-electron chi connectivity index (χ1n) is 9.28. The first-order valence-corrected chi connectivity index (χ1v) is 9.66. The minimum Gasteiger partial charge on any atom is -0.443 e. The molecule has 3 N–H and O–H groups in total. The van der Waals surface area contributed by atoms with E-state index in [2.05, 4.69) is 10.7 Å². The number of anilines is 1. The maximum atomic E-state index is 13.8. The number of ether oxygens (including phenoxy) is 1. The number of para-hydroxylation sites is 1. The summed E-state index contributed by atoms with van der Waals surface area (Å²) in [7, 11) is 0. The number of hydrogen-bond donors (Lipinski definition) is 3. The van der Waals surface area contributed by atoms with E-state index in [-0.39, 0.29) is 21.8 Å². The van der Waals surface area contributed by atoms with E-state index in [1.807, 2.05) is 5.43 Å². The lowest BCUT2D eigenvalue weighted by molar-refractivity contribution is 0.0904. The number of benzene rings is 3. The van der Waals surface area contributed by atoms with Crippen molar-refractivity contribution in [1.82, 2.24) is 10.9 Å². The molecule has 0 aromatic heterocycles. The average Bonchev–Trinajstić information content (AvgIpc) is 2.77. The van der Waals surface area contributed by atoms with Crippen molar-refractivity contribution in [2.45, 2.75) is 6.61 Å². The zero-order valence-electron chi connectivity index (χ0n) is 16.6. The molecular formula is C22H15ClF3N3O4. The van der Waals surface area contributed by atoms with Crippen molar-refractivity contribution >= 4 is 35.2 Å². The Kier molecular flexibility index (Phi) is 7.52. The molecule has 0 bridgehead atoms. The lowest BCUT2D eigenvalue weighted by Gasteiger charge is -2.13. The van der Waals surface area contributed by atoms with E-state index in [1.165, 1.54) is 36.4 Å². The number of hydrogen-bond acceptors (Lipinski definition) is 4. The summed E-state index contributed by atoms with van der Waals surface area (Å²) in [6.45, 7) is -0.492. The highest BCUT2D eigenvalue weighted by molar-refractivity contribution is 6.31. The molecule has 0 saturated carbocycles. The molecule has 3 amide bonds. The average molecular weight is 478 g/mol. The molecule has 3 aromatic carbocycles. The van der Waals surface area contributed by atoms with Crippen LogP contribution in [0.5, 0.6) is 0 Å². The first kappa shape index (κ1) is 23.6. The Morgan fingerprint density at radius 1 is 0.788 bits per heavy atom. The van der Waals surface area contributed by atoms with E-state index in [1.54, 1.807) is 0 Å². The van der Waals surface area contributed by atoms with Crippen LogP contribution in [0.25, 0.3) is 0 Å². The maximum absolute atomic E-state index is 13.8. The minimum absolute atomic E-state index is 0.0472. The summed E-state index contributed by atoms with van der Waals surface area (Å²) in [4.78, 5) is 36.6. The molecule has 33 heavy (non-hydrogen) atoms.